The van der Waals surface area contributed by atoms with Crippen LogP contribution in [0.2, 0.25) is 0 Å². The third-order valence-corrected chi connectivity index (χ3v) is 2.31. The maximum absolute atomic E-state index is 11.4. The minimum absolute atomic E-state index is 0.0335. The molecule has 0 heterocycles. The van der Waals surface area contributed by atoms with E-state index in [4.69, 9.17) is 15.6 Å². The minimum Gasteiger partial charge on any atom is -0.480 e. The quantitative estimate of drug-likeness (QED) is 0.592. The Morgan fingerprint density at radius 1 is 1.35 bits per heavy atom. The van der Waals surface area contributed by atoms with E-state index in [0.29, 0.717) is 5.75 Å². The van der Waals surface area contributed by atoms with Gasteiger partial charge in [-0.25, -0.2) is 0 Å². The number of benzene rings is 1. The lowest BCUT2D eigenvalue weighted by Crippen LogP contribution is -2.45. The van der Waals surface area contributed by atoms with Gasteiger partial charge in [0.1, 0.15) is 11.3 Å². The molecule has 0 fully saturated rings. The van der Waals surface area contributed by atoms with Crippen LogP contribution in [0.3, 0.4) is 0 Å². The van der Waals surface area contributed by atoms with Gasteiger partial charge in [0.05, 0.1) is 0 Å². The van der Waals surface area contributed by atoms with Gasteiger partial charge in [0, 0.05) is 6.42 Å². The summed E-state index contributed by atoms with van der Waals surface area (Å²) in [5, 5.41) is 8.77. The van der Waals surface area contributed by atoms with Gasteiger partial charge in [-0.05, 0) is 25.5 Å². The molecule has 0 bridgehead atoms. The zero-order valence-corrected chi connectivity index (χ0v) is 9.55. The van der Waals surface area contributed by atoms with Crippen molar-refractivity contribution >= 4 is 11.9 Å². The highest BCUT2D eigenvalue weighted by Gasteiger charge is 2.28. The molecule has 0 saturated heterocycles. The van der Waals surface area contributed by atoms with Crippen molar-refractivity contribution in [3.8, 4) is 5.75 Å². The van der Waals surface area contributed by atoms with Crippen LogP contribution >= 0.6 is 0 Å². The maximum Gasteiger partial charge on any atom is 0.323 e. The number of ether oxygens (including phenoxy) is 1. The number of esters is 1. The Hall–Kier alpha value is -1.88. The fourth-order valence-corrected chi connectivity index (χ4v) is 1.14. The molecule has 1 aromatic carbocycles. The van der Waals surface area contributed by atoms with Crippen LogP contribution < -0.4 is 10.5 Å². The van der Waals surface area contributed by atoms with E-state index in [0.717, 1.165) is 0 Å². The highest BCUT2D eigenvalue weighted by Crippen LogP contribution is 2.13. The number of rotatable bonds is 5. The highest BCUT2D eigenvalue weighted by atomic mass is 16.5. The van der Waals surface area contributed by atoms with Gasteiger partial charge in [-0.3, -0.25) is 9.59 Å². The van der Waals surface area contributed by atoms with Crippen LogP contribution in [-0.2, 0) is 9.59 Å². The monoisotopic (exact) mass is 237 g/mol. The van der Waals surface area contributed by atoms with E-state index >= 15 is 0 Å². The van der Waals surface area contributed by atoms with Gasteiger partial charge >= 0.3 is 11.9 Å². The lowest BCUT2D eigenvalue weighted by molar-refractivity contribution is -0.143. The third-order valence-electron chi connectivity index (χ3n) is 2.31. The normalized spacial score (nSPS) is 13.8. The second-order valence-corrected chi connectivity index (χ2v) is 4.01. The first-order valence-corrected chi connectivity index (χ1v) is 5.20. The Kier molecular flexibility index (Phi) is 4.23. The molecular formula is C12H15NO4. The van der Waals surface area contributed by atoms with Crippen molar-refractivity contribution in [2.24, 2.45) is 5.73 Å². The highest BCUT2D eigenvalue weighted by molar-refractivity contribution is 5.79. The van der Waals surface area contributed by atoms with E-state index < -0.39 is 17.5 Å². The van der Waals surface area contributed by atoms with Crippen LogP contribution in [0.15, 0.2) is 30.3 Å². The van der Waals surface area contributed by atoms with E-state index in [1.807, 2.05) is 0 Å². The molecule has 0 aromatic heterocycles. The number of para-hydroxylation sites is 1. The Balaban J connectivity index is 2.44. The van der Waals surface area contributed by atoms with Crippen molar-refractivity contribution < 1.29 is 19.4 Å². The van der Waals surface area contributed by atoms with E-state index in [1.165, 1.54) is 6.92 Å². The first kappa shape index (κ1) is 13.2. The molecule has 1 atom stereocenters. The topological polar surface area (TPSA) is 89.6 Å². The van der Waals surface area contributed by atoms with Crippen LogP contribution in [0, 0.1) is 0 Å². The Bertz CT molecular complexity index is 400. The number of carboxylic acids is 1. The second-order valence-electron chi connectivity index (χ2n) is 4.01. The fraction of sp³-hybridized carbons (Fsp3) is 0.333. The van der Waals surface area contributed by atoms with Crippen molar-refractivity contribution in [1.29, 1.82) is 0 Å². The van der Waals surface area contributed by atoms with E-state index in [9.17, 15) is 9.59 Å². The third kappa shape index (κ3) is 4.24. The van der Waals surface area contributed by atoms with Crippen molar-refractivity contribution in [3.05, 3.63) is 30.3 Å². The number of carbonyl (C=O) groups excluding carboxylic acids is 1. The summed E-state index contributed by atoms with van der Waals surface area (Å²) in [6, 6.07) is 8.59. The summed E-state index contributed by atoms with van der Waals surface area (Å²) in [6.45, 7) is 1.37. The summed E-state index contributed by atoms with van der Waals surface area (Å²) in [5.41, 5.74) is 4.09. The number of carboxylic acid groups (broad SMARTS) is 1. The zero-order chi connectivity index (χ0) is 12.9. The van der Waals surface area contributed by atoms with Gasteiger partial charge in [-0.2, -0.15) is 0 Å². The Morgan fingerprint density at radius 3 is 2.47 bits per heavy atom. The molecule has 17 heavy (non-hydrogen) atoms. The smallest absolute Gasteiger partial charge is 0.323 e. The van der Waals surface area contributed by atoms with Crippen molar-refractivity contribution in [1.82, 2.24) is 0 Å². The molecular weight excluding hydrogens is 222 g/mol. The molecule has 0 saturated carbocycles. The standard InChI is InChI=1S/C12H15NO4/c1-12(13,11(15)16)8-7-10(14)17-9-5-3-2-4-6-9/h2-6H,7-8,13H2,1H3,(H,15,16)/t12-/m0/s1. The van der Waals surface area contributed by atoms with E-state index in [1.54, 1.807) is 30.3 Å². The summed E-state index contributed by atoms with van der Waals surface area (Å²) in [5.74, 6) is -1.19. The minimum atomic E-state index is -1.41. The molecule has 5 heteroatoms. The number of hydrogen-bond acceptors (Lipinski definition) is 4. The predicted molar refractivity (Wildman–Crippen MR) is 61.5 cm³/mol. The van der Waals surface area contributed by atoms with Crippen molar-refractivity contribution in [3.63, 3.8) is 0 Å². The summed E-state index contributed by atoms with van der Waals surface area (Å²) >= 11 is 0. The summed E-state index contributed by atoms with van der Waals surface area (Å²) in [7, 11) is 0. The maximum atomic E-state index is 11.4. The van der Waals surface area contributed by atoms with E-state index in [-0.39, 0.29) is 12.8 Å². The van der Waals surface area contributed by atoms with Gasteiger partial charge in [0.15, 0.2) is 0 Å². The summed E-state index contributed by atoms with van der Waals surface area (Å²) in [4.78, 5) is 22.1. The number of hydrogen-bond donors (Lipinski definition) is 2. The average Bonchev–Trinajstić information content (AvgIpc) is 2.28. The first-order valence-electron chi connectivity index (χ1n) is 5.20. The molecule has 0 spiro atoms. The van der Waals surface area contributed by atoms with E-state index in [2.05, 4.69) is 0 Å². The van der Waals surface area contributed by atoms with Crippen LogP contribution in [-0.4, -0.2) is 22.6 Å². The molecule has 0 unspecified atom stereocenters. The Labute approximate surface area is 99.2 Å². The van der Waals surface area contributed by atoms with Crippen LogP contribution in [0.25, 0.3) is 0 Å². The number of aliphatic carboxylic acids is 1. The molecule has 1 rings (SSSR count). The van der Waals surface area contributed by atoms with Crippen molar-refractivity contribution in [2.75, 3.05) is 0 Å². The first-order chi connectivity index (χ1) is 7.92. The zero-order valence-electron chi connectivity index (χ0n) is 9.55. The van der Waals surface area contributed by atoms with Gasteiger partial charge in [0.25, 0.3) is 0 Å². The fourth-order valence-electron chi connectivity index (χ4n) is 1.14. The number of nitrogens with two attached hydrogens (primary N) is 1. The van der Waals surface area contributed by atoms with Gasteiger partial charge in [0.2, 0.25) is 0 Å². The lowest BCUT2D eigenvalue weighted by Gasteiger charge is -2.17. The molecule has 0 aliphatic carbocycles. The average molecular weight is 237 g/mol. The largest absolute Gasteiger partial charge is 0.480 e. The number of carbonyl (C=O) groups is 2. The lowest BCUT2D eigenvalue weighted by atomic mass is 9.98. The molecule has 3 N–H and O–H groups in total. The second kappa shape index (κ2) is 5.45. The molecule has 92 valence electrons. The van der Waals surface area contributed by atoms with Gasteiger partial charge < -0.3 is 15.6 Å². The van der Waals surface area contributed by atoms with Gasteiger partial charge in [-0.1, -0.05) is 18.2 Å². The predicted octanol–water partition coefficient (Wildman–Crippen LogP) is 1.17. The Morgan fingerprint density at radius 2 is 1.94 bits per heavy atom. The summed E-state index contributed by atoms with van der Waals surface area (Å²) in [6.07, 6.45) is 0.00218. The molecule has 0 radical (unpaired) electrons. The van der Waals surface area contributed by atoms with Crippen LogP contribution in [0.4, 0.5) is 0 Å². The molecule has 0 aliphatic heterocycles. The molecule has 5 nitrogen and oxygen atoms in total. The van der Waals surface area contributed by atoms with Crippen molar-refractivity contribution in [2.45, 2.75) is 25.3 Å². The summed E-state index contributed by atoms with van der Waals surface area (Å²) < 4.78 is 5.00. The van der Waals surface area contributed by atoms with Crippen LogP contribution in [0.1, 0.15) is 19.8 Å². The molecule has 1 aromatic rings. The van der Waals surface area contributed by atoms with Gasteiger partial charge in [-0.15, -0.1) is 0 Å². The van der Waals surface area contributed by atoms with Crippen LogP contribution in [0.5, 0.6) is 5.75 Å². The molecule has 0 aliphatic rings. The molecule has 0 amide bonds. The SMILES string of the molecule is C[C@](N)(CCC(=O)Oc1ccccc1)C(=O)O.